The molecular weight excluding hydrogens is 202 g/mol. The molecule has 0 aromatic heterocycles. The van der Waals surface area contributed by atoms with Crippen LogP contribution in [0.25, 0.3) is 0 Å². The van der Waals surface area contributed by atoms with Crippen LogP contribution < -0.4 is 5.32 Å². The van der Waals surface area contributed by atoms with Gasteiger partial charge in [-0.3, -0.25) is 14.4 Å². The van der Waals surface area contributed by atoms with E-state index in [4.69, 9.17) is 10.2 Å². The zero-order chi connectivity index (χ0) is 11.4. The number of rotatable bonds is 3. The van der Waals surface area contributed by atoms with Gasteiger partial charge in [-0.1, -0.05) is 6.42 Å². The first-order valence-electron chi connectivity index (χ1n) is 4.77. The van der Waals surface area contributed by atoms with E-state index in [-0.39, 0.29) is 0 Å². The van der Waals surface area contributed by atoms with Crippen molar-refractivity contribution in [2.24, 2.45) is 11.8 Å². The second-order valence-corrected chi connectivity index (χ2v) is 3.55. The van der Waals surface area contributed by atoms with Gasteiger partial charge in [0.2, 0.25) is 5.91 Å². The molecule has 1 heterocycles. The van der Waals surface area contributed by atoms with Crippen LogP contribution in [0.4, 0.5) is 0 Å². The SMILES string of the molecule is O=C1NCCCCC1C(C(=O)O)C(=O)O. The number of carbonyl (C=O) groups excluding carboxylic acids is 1. The van der Waals surface area contributed by atoms with Gasteiger partial charge >= 0.3 is 11.9 Å². The molecule has 0 aromatic rings. The monoisotopic (exact) mass is 215 g/mol. The van der Waals surface area contributed by atoms with E-state index in [2.05, 4.69) is 5.32 Å². The van der Waals surface area contributed by atoms with E-state index in [1.165, 1.54) is 0 Å². The third-order valence-electron chi connectivity index (χ3n) is 2.51. The molecule has 1 fully saturated rings. The molecule has 0 radical (unpaired) electrons. The van der Waals surface area contributed by atoms with Crippen LogP contribution >= 0.6 is 0 Å². The van der Waals surface area contributed by atoms with E-state index in [9.17, 15) is 14.4 Å². The third-order valence-corrected chi connectivity index (χ3v) is 2.51. The molecule has 1 saturated heterocycles. The van der Waals surface area contributed by atoms with E-state index in [1.54, 1.807) is 0 Å². The Morgan fingerprint density at radius 2 is 1.87 bits per heavy atom. The molecule has 1 aliphatic heterocycles. The molecule has 0 aromatic carbocycles. The number of hydrogen-bond donors (Lipinski definition) is 3. The van der Waals surface area contributed by atoms with E-state index in [0.29, 0.717) is 19.4 Å². The standard InChI is InChI=1S/C9H13NO5/c11-7-5(3-1-2-4-10-7)6(8(12)13)9(14)15/h5-6H,1-4H2,(H,10,11)(H,12,13)(H,14,15). The molecule has 1 unspecified atom stereocenters. The molecule has 1 amide bonds. The zero-order valence-corrected chi connectivity index (χ0v) is 8.10. The van der Waals surface area contributed by atoms with Gasteiger partial charge in [0.05, 0.1) is 5.92 Å². The molecule has 6 nitrogen and oxygen atoms in total. The summed E-state index contributed by atoms with van der Waals surface area (Å²) in [5, 5.41) is 20.0. The summed E-state index contributed by atoms with van der Waals surface area (Å²) in [5.74, 6) is -5.97. The summed E-state index contributed by atoms with van der Waals surface area (Å²) < 4.78 is 0. The van der Waals surface area contributed by atoms with Crippen molar-refractivity contribution in [2.75, 3.05) is 6.54 Å². The first-order valence-corrected chi connectivity index (χ1v) is 4.77. The lowest BCUT2D eigenvalue weighted by Gasteiger charge is -2.17. The Morgan fingerprint density at radius 1 is 1.27 bits per heavy atom. The van der Waals surface area contributed by atoms with E-state index >= 15 is 0 Å². The fraction of sp³-hybridized carbons (Fsp3) is 0.667. The molecule has 0 aliphatic carbocycles. The molecule has 6 heteroatoms. The molecule has 1 aliphatic rings. The van der Waals surface area contributed by atoms with Crippen molar-refractivity contribution in [1.29, 1.82) is 0 Å². The number of carbonyl (C=O) groups is 3. The first-order chi connectivity index (χ1) is 7.04. The Kier molecular flexibility index (Phi) is 3.65. The Hall–Kier alpha value is -1.59. The minimum atomic E-state index is -1.64. The van der Waals surface area contributed by atoms with Crippen molar-refractivity contribution in [3.8, 4) is 0 Å². The summed E-state index contributed by atoms with van der Waals surface area (Å²) in [6.45, 7) is 0.487. The number of aliphatic carboxylic acids is 2. The van der Waals surface area contributed by atoms with Gasteiger partial charge in [-0.25, -0.2) is 0 Å². The summed E-state index contributed by atoms with van der Waals surface area (Å²) in [5.41, 5.74) is 0. The maximum Gasteiger partial charge on any atom is 0.318 e. The average Bonchev–Trinajstić information content (AvgIpc) is 2.31. The Balaban J connectivity index is 2.84. The number of amides is 1. The molecular formula is C9H13NO5. The molecule has 1 rings (SSSR count). The molecule has 0 bridgehead atoms. The van der Waals surface area contributed by atoms with Crippen molar-refractivity contribution >= 4 is 17.8 Å². The van der Waals surface area contributed by atoms with Gasteiger partial charge in [-0.05, 0) is 12.8 Å². The van der Waals surface area contributed by atoms with Gasteiger partial charge in [0.15, 0.2) is 5.92 Å². The average molecular weight is 215 g/mol. The summed E-state index contributed by atoms with van der Waals surface area (Å²) in [6.07, 6.45) is 1.74. The quantitative estimate of drug-likeness (QED) is 0.560. The lowest BCUT2D eigenvalue weighted by atomic mass is 9.88. The van der Waals surface area contributed by atoms with Crippen molar-refractivity contribution in [3.63, 3.8) is 0 Å². The highest BCUT2D eigenvalue weighted by Crippen LogP contribution is 2.22. The highest BCUT2D eigenvalue weighted by Gasteiger charge is 2.39. The molecule has 0 spiro atoms. The number of carboxylic acid groups (broad SMARTS) is 2. The van der Waals surface area contributed by atoms with Gasteiger partial charge < -0.3 is 15.5 Å². The molecule has 3 N–H and O–H groups in total. The fourth-order valence-corrected chi connectivity index (χ4v) is 1.73. The minimum Gasteiger partial charge on any atom is -0.481 e. The van der Waals surface area contributed by atoms with Gasteiger partial charge in [0.25, 0.3) is 0 Å². The van der Waals surface area contributed by atoms with E-state index in [1.807, 2.05) is 0 Å². The van der Waals surface area contributed by atoms with Crippen LogP contribution in [-0.2, 0) is 14.4 Å². The summed E-state index contributed by atoms with van der Waals surface area (Å²) >= 11 is 0. The molecule has 0 saturated carbocycles. The van der Waals surface area contributed by atoms with Gasteiger partial charge in [-0.2, -0.15) is 0 Å². The predicted octanol–water partition coefficient (Wildman–Crippen LogP) is -0.312. The third kappa shape index (κ3) is 2.68. The predicted molar refractivity (Wildman–Crippen MR) is 49.1 cm³/mol. The van der Waals surface area contributed by atoms with Crippen LogP contribution in [0.3, 0.4) is 0 Å². The highest BCUT2D eigenvalue weighted by molar-refractivity contribution is 5.98. The van der Waals surface area contributed by atoms with E-state index in [0.717, 1.165) is 6.42 Å². The number of nitrogens with one attached hydrogen (secondary N) is 1. The second kappa shape index (κ2) is 4.77. The minimum absolute atomic E-state index is 0.315. The van der Waals surface area contributed by atoms with Crippen LogP contribution in [0, 0.1) is 11.8 Å². The topological polar surface area (TPSA) is 104 Å². The molecule has 84 valence electrons. The van der Waals surface area contributed by atoms with Crippen molar-refractivity contribution in [1.82, 2.24) is 5.32 Å². The van der Waals surface area contributed by atoms with Gasteiger partial charge in [0, 0.05) is 6.54 Å². The van der Waals surface area contributed by atoms with Gasteiger partial charge in [-0.15, -0.1) is 0 Å². The Labute approximate surface area is 86.3 Å². The normalized spacial score (nSPS) is 21.9. The smallest absolute Gasteiger partial charge is 0.318 e. The van der Waals surface area contributed by atoms with Crippen LogP contribution in [0.5, 0.6) is 0 Å². The second-order valence-electron chi connectivity index (χ2n) is 3.55. The van der Waals surface area contributed by atoms with Crippen molar-refractivity contribution < 1.29 is 24.6 Å². The number of carboxylic acids is 2. The van der Waals surface area contributed by atoms with Crippen LogP contribution in [-0.4, -0.2) is 34.6 Å². The van der Waals surface area contributed by atoms with Crippen molar-refractivity contribution in [2.45, 2.75) is 19.3 Å². The Morgan fingerprint density at radius 3 is 2.40 bits per heavy atom. The first kappa shape index (κ1) is 11.5. The highest BCUT2D eigenvalue weighted by atomic mass is 16.4. The maximum absolute atomic E-state index is 11.4. The van der Waals surface area contributed by atoms with Gasteiger partial charge in [0.1, 0.15) is 0 Å². The fourth-order valence-electron chi connectivity index (χ4n) is 1.73. The summed E-state index contributed by atoms with van der Waals surface area (Å²) in [6, 6.07) is 0. The Bertz CT molecular complexity index is 274. The molecule has 1 atom stereocenters. The lowest BCUT2D eigenvalue weighted by Crippen LogP contribution is -2.40. The largest absolute Gasteiger partial charge is 0.481 e. The maximum atomic E-state index is 11.4. The van der Waals surface area contributed by atoms with Crippen LogP contribution in [0.15, 0.2) is 0 Å². The van der Waals surface area contributed by atoms with E-state index < -0.39 is 29.7 Å². The number of hydrogen-bond acceptors (Lipinski definition) is 3. The molecule has 15 heavy (non-hydrogen) atoms. The zero-order valence-electron chi connectivity index (χ0n) is 8.10. The van der Waals surface area contributed by atoms with Crippen molar-refractivity contribution in [3.05, 3.63) is 0 Å². The summed E-state index contributed by atoms with van der Waals surface area (Å²) in [7, 11) is 0. The summed E-state index contributed by atoms with van der Waals surface area (Å²) in [4.78, 5) is 32.9. The van der Waals surface area contributed by atoms with Crippen LogP contribution in [0.2, 0.25) is 0 Å². The lowest BCUT2D eigenvalue weighted by molar-refractivity contribution is -0.160. The van der Waals surface area contributed by atoms with Crippen LogP contribution in [0.1, 0.15) is 19.3 Å².